The van der Waals surface area contributed by atoms with E-state index in [1.54, 1.807) is 0 Å². The van der Waals surface area contributed by atoms with Gasteiger partial charge in [0.05, 0.1) is 11.0 Å². The first kappa shape index (κ1) is 32.2. The molecule has 6 heteroatoms. The Bertz CT molecular complexity index is 3850. The van der Waals surface area contributed by atoms with E-state index in [-0.39, 0.29) is 12.3 Å². The van der Waals surface area contributed by atoms with E-state index in [1.807, 2.05) is 11.3 Å². The highest BCUT2D eigenvalue weighted by molar-refractivity contribution is 7.25. The maximum absolute atomic E-state index is 6.69. The van der Waals surface area contributed by atoms with Crippen LogP contribution in [0.5, 0.6) is 0 Å². The highest BCUT2D eigenvalue weighted by Gasteiger charge is 2.45. The number of nitrogens with zero attached hydrogens (tertiary/aromatic N) is 2. The van der Waals surface area contributed by atoms with E-state index in [0.29, 0.717) is 0 Å². The number of anilines is 2. The zero-order valence-electron chi connectivity index (χ0n) is 33.0. The Morgan fingerprint density at radius 1 is 0.542 bits per heavy atom. The van der Waals surface area contributed by atoms with Crippen LogP contribution in [0.3, 0.4) is 0 Å². The third-order valence-electron chi connectivity index (χ3n) is 13.4. The molecule has 2 aliphatic heterocycles. The van der Waals surface area contributed by atoms with Gasteiger partial charge in [0, 0.05) is 81.2 Å². The quantitative estimate of drug-likeness (QED) is 0.156. The molecule has 12 aromatic rings. The molecule has 14 rings (SSSR count). The minimum Gasteiger partial charge on any atom is -0.456 e. The maximum Gasteiger partial charge on any atom is 0.333 e. The summed E-state index contributed by atoms with van der Waals surface area (Å²) < 4.78 is 18.4. The minimum absolute atomic E-state index is 0.0349. The number of hydrogen-bond donors (Lipinski definition) is 0. The molecular formula is C53H35BN2O2S. The standard InChI is InChI=1S/C53H35BN2O2S/c1-28-21-38-34-26-49-37(33-13-7-10-16-48(33)59-49)24-42(34)56(30-19-17-29(18-20-30)53(2,3)4)54-40-22-35-31-11-5-8-14-44(31)58-47(35)27-43(40)55-41-23-36-32-12-6-9-15-45(32)57-46(36)25-39(41)50(28)52(55)51(38)54/h5-27H,1-4H3. The van der Waals surface area contributed by atoms with Crippen molar-refractivity contribution in [2.45, 2.75) is 33.1 Å². The third kappa shape index (κ3) is 4.09. The van der Waals surface area contributed by atoms with Gasteiger partial charge in [0.15, 0.2) is 0 Å². The van der Waals surface area contributed by atoms with Gasteiger partial charge in [-0.3, -0.25) is 0 Å². The molecule has 0 saturated carbocycles. The Kier molecular flexibility index (Phi) is 5.92. The summed E-state index contributed by atoms with van der Waals surface area (Å²) in [6, 6.07) is 52.0. The molecule has 59 heavy (non-hydrogen) atoms. The molecule has 6 heterocycles. The van der Waals surface area contributed by atoms with Gasteiger partial charge in [-0.15, -0.1) is 11.3 Å². The van der Waals surface area contributed by atoms with Crippen LogP contribution in [-0.4, -0.2) is 11.4 Å². The average Bonchev–Trinajstić information content (AvgIpc) is 3.99. The van der Waals surface area contributed by atoms with Gasteiger partial charge in [0.1, 0.15) is 22.3 Å². The summed E-state index contributed by atoms with van der Waals surface area (Å²) in [6.45, 7) is 9.06. The maximum atomic E-state index is 6.69. The summed E-state index contributed by atoms with van der Waals surface area (Å²) in [5.41, 5.74) is 17.4. The van der Waals surface area contributed by atoms with E-state index < -0.39 is 0 Å². The van der Waals surface area contributed by atoms with Crippen LogP contribution in [0.15, 0.2) is 148 Å². The predicted octanol–water partition coefficient (Wildman–Crippen LogP) is 13.8. The average molecular weight is 775 g/mol. The molecule has 0 bridgehead atoms. The second-order valence-electron chi connectivity index (χ2n) is 17.7. The van der Waals surface area contributed by atoms with Crippen molar-refractivity contribution in [3.05, 3.63) is 151 Å². The normalized spacial score (nSPS) is 13.7. The number of aromatic nitrogens is 1. The zero-order valence-corrected chi connectivity index (χ0v) is 33.8. The number of rotatable bonds is 1. The molecule has 0 atom stereocenters. The smallest absolute Gasteiger partial charge is 0.333 e. The van der Waals surface area contributed by atoms with Gasteiger partial charge >= 0.3 is 6.85 Å². The number of thiophene rings is 1. The lowest BCUT2D eigenvalue weighted by atomic mass is 9.43. The van der Waals surface area contributed by atoms with E-state index in [4.69, 9.17) is 8.83 Å². The first-order valence-electron chi connectivity index (χ1n) is 20.5. The number of fused-ring (bicyclic) bond motifs is 17. The zero-order chi connectivity index (χ0) is 39.1. The van der Waals surface area contributed by atoms with Gasteiger partial charge in [-0.1, -0.05) is 99.6 Å². The Balaban J connectivity index is 1.19. The lowest BCUT2D eigenvalue weighted by Crippen LogP contribution is -2.60. The second kappa shape index (κ2) is 10.8. The molecule has 4 aromatic heterocycles. The van der Waals surface area contributed by atoms with Gasteiger partial charge in [0.25, 0.3) is 0 Å². The van der Waals surface area contributed by atoms with Crippen molar-refractivity contribution in [2.75, 3.05) is 4.81 Å². The largest absolute Gasteiger partial charge is 0.456 e. The highest BCUT2D eigenvalue weighted by Crippen LogP contribution is 2.50. The number of benzene rings is 8. The Labute approximate surface area is 343 Å². The molecule has 0 N–H and O–H groups in total. The van der Waals surface area contributed by atoms with Gasteiger partial charge in [0.2, 0.25) is 0 Å². The van der Waals surface area contributed by atoms with Gasteiger partial charge in [-0.2, -0.15) is 0 Å². The van der Waals surface area contributed by atoms with E-state index in [2.05, 4.69) is 177 Å². The summed E-state index contributed by atoms with van der Waals surface area (Å²) in [5.74, 6) is 0. The van der Waals surface area contributed by atoms with Crippen molar-refractivity contribution < 1.29 is 8.83 Å². The molecule has 8 aromatic carbocycles. The SMILES string of the molecule is Cc1cc2c3c4c1c1cc5oc6ccccc6c5cc1n4-c1cc4oc5ccccc5c4cc1B3N(c1ccc(C(C)(C)C)cc1)c1cc3c(cc1-2)sc1ccccc13. The first-order valence-corrected chi connectivity index (χ1v) is 21.3. The van der Waals surface area contributed by atoms with Crippen molar-refractivity contribution in [2.24, 2.45) is 0 Å². The van der Waals surface area contributed by atoms with E-state index in [1.165, 1.54) is 86.5 Å². The monoisotopic (exact) mass is 774 g/mol. The number of aryl methyl sites for hydroxylation is 1. The van der Waals surface area contributed by atoms with E-state index in [9.17, 15) is 0 Å². The Hall–Kier alpha value is -6.76. The minimum atomic E-state index is -0.114. The molecule has 0 fully saturated rings. The topological polar surface area (TPSA) is 34.5 Å². The molecule has 0 aliphatic carbocycles. The molecule has 0 spiro atoms. The number of para-hydroxylation sites is 2. The summed E-state index contributed by atoms with van der Waals surface area (Å²) in [7, 11) is 0. The van der Waals surface area contributed by atoms with E-state index in [0.717, 1.165) is 49.6 Å². The fourth-order valence-corrected chi connectivity index (χ4v) is 11.9. The highest BCUT2D eigenvalue weighted by atomic mass is 32.1. The Morgan fingerprint density at radius 2 is 1.22 bits per heavy atom. The lowest BCUT2D eigenvalue weighted by Gasteiger charge is -2.42. The Morgan fingerprint density at radius 3 is 1.97 bits per heavy atom. The molecule has 0 unspecified atom stereocenters. The number of hydrogen-bond acceptors (Lipinski definition) is 4. The molecular weight excluding hydrogens is 739 g/mol. The van der Waals surface area contributed by atoms with Crippen molar-refractivity contribution in [1.29, 1.82) is 0 Å². The van der Waals surface area contributed by atoms with Crippen LogP contribution in [0, 0.1) is 6.92 Å². The van der Waals surface area contributed by atoms with Crippen molar-refractivity contribution in [3.8, 4) is 16.8 Å². The molecule has 0 saturated heterocycles. The third-order valence-corrected chi connectivity index (χ3v) is 14.5. The van der Waals surface area contributed by atoms with Gasteiger partial charge < -0.3 is 18.2 Å². The summed E-state index contributed by atoms with van der Waals surface area (Å²) in [6.07, 6.45) is 0. The summed E-state index contributed by atoms with van der Waals surface area (Å²) in [5, 5.41) is 9.63. The lowest BCUT2D eigenvalue weighted by molar-refractivity contribution is 0.590. The molecule has 0 radical (unpaired) electrons. The van der Waals surface area contributed by atoms with Gasteiger partial charge in [-0.05, 0) is 94.6 Å². The molecule has 0 amide bonds. The number of furan rings is 2. The van der Waals surface area contributed by atoms with Crippen LogP contribution in [0.1, 0.15) is 31.9 Å². The van der Waals surface area contributed by atoms with Crippen LogP contribution in [0.2, 0.25) is 0 Å². The first-order chi connectivity index (χ1) is 28.8. The van der Waals surface area contributed by atoms with Crippen molar-refractivity contribution in [1.82, 2.24) is 4.57 Å². The van der Waals surface area contributed by atoms with Crippen LogP contribution in [-0.2, 0) is 5.41 Å². The van der Waals surface area contributed by atoms with Crippen molar-refractivity contribution in [3.63, 3.8) is 0 Å². The summed E-state index contributed by atoms with van der Waals surface area (Å²) in [4.78, 5) is 2.65. The fourth-order valence-electron chi connectivity index (χ4n) is 10.7. The molecule has 2 aliphatic rings. The van der Waals surface area contributed by atoms with Crippen LogP contribution in [0.4, 0.5) is 11.4 Å². The molecule has 4 nitrogen and oxygen atoms in total. The van der Waals surface area contributed by atoms with Gasteiger partial charge in [-0.25, -0.2) is 0 Å². The second-order valence-corrected chi connectivity index (χ2v) is 18.8. The van der Waals surface area contributed by atoms with E-state index >= 15 is 0 Å². The fraction of sp³-hybridized carbons (Fsp3) is 0.0943. The van der Waals surface area contributed by atoms with Crippen LogP contribution >= 0.6 is 11.3 Å². The predicted molar refractivity (Wildman–Crippen MR) is 251 cm³/mol. The molecule has 278 valence electrons. The van der Waals surface area contributed by atoms with Crippen LogP contribution in [0.25, 0.3) is 103 Å². The van der Waals surface area contributed by atoms with Crippen LogP contribution < -0.4 is 15.7 Å². The van der Waals surface area contributed by atoms with Crippen molar-refractivity contribution >= 4 is 126 Å². The summed E-state index contributed by atoms with van der Waals surface area (Å²) >= 11 is 1.89.